The molecule has 1 heterocycles. The molecular formula is C11H17N3O2S. The number of anilines is 1. The molecule has 5 nitrogen and oxygen atoms in total. The van der Waals surface area contributed by atoms with E-state index in [4.69, 9.17) is 5.73 Å². The van der Waals surface area contributed by atoms with Crippen molar-refractivity contribution in [2.24, 2.45) is 5.73 Å². The zero-order chi connectivity index (χ0) is 12.6. The first-order chi connectivity index (χ1) is 7.95. The summed E-state index contributed by atoms with van der Waals surface area (Å²) in [6, 6.07) is 5.67. The van der Waals surface area contributed by atoms with Crippen molar-refractivity contribution in [3.05, 3.63) is 29.3 Å². The van der Waals surface area contributed by atoms with Crippen LogP contribution in [-0.4, -0.2) is 22.0 Å². The average molecular weight is 255 g/mol. The summed E-state index contributed by atoms with van der Waals surface area (Å²) in [4.78, 5) is 0. The van der Waals surface area contributed by atoms with E-state index in [0.717, 1.165) is 23.2 Å². The van der Waals surface area contributed by atoms with Gasteiger partial charge < -0.3 is 5.73 Å². The molecule has 0 bridgehead atoms. The summed E-state index contributed by atoms with van der Waals surface area (Å²) in [6.45, 7) is 2.40. The molecule has 1 aromatic carbocycles. The Balaban J connectivity index is 2.41. The molecule has 17 heavy (non-hydrogen) atoms. The molecule has 0 spiro atoms. The first-order valence-electron chi connectivity index (χ1n) is 5.55. The van der Waals surface area contributed by atoms with Crippen LogP contribution in [0.15, 0.2) is 18.2 Å². The lowest BCUT2D eigenvalue weighted by Crippen LogP contribution is -2.37. The van der Waals surface area contributed by atoms with Crippen molar-refractivity contribution in [3.8, 4) is 0 Å². The Hall–Kier alpha value is -1.11. The first kappa shape index (κ1) is 12.3. The molecule has 6 heteroatoms. The molecule has 0 aromatic heterocycles. The monoisotopic (exact) mass is 255 g/mol. The van der Waals surface area contributed by atoms with Crippen LogP contribution >= 0.6 is 0 Å². The number of hydrogen-bond acceptors (Lipinski definition) is 3. The molecule has 2 rings (SSSR count). The number of nitrogens with zero attached hydrogens (tertiary/aromatic N) is 1. The van der Waals surface area contributed by atoms with E-state index in [9.17, 15) is 8.42 Å². The highest BCUT2D eigenvalue weighted by Gasteiger charge is 2.28. The summed E-state index contributed by atoms with van der Waals surface area (Å²) in [7, 11) is -1.97. The summed E-state index contributed by atoms with van der Waals surface area (Å²) in [5.41, 5.74) is 8.64. The van der Waals surface area contributed by atoms with E-state index in [1.54, 1.807) is 0 Å². The highest BCUT2D eigenvalue weighted by Crippen LogP contribution is 2.31. The van der Waals surface area contributed by atoms with Crippen LogP contribution in [0, 0.1) is 0 Å². The number of nitrogens with two attached hydrogens (primary N) is 1. The summed E-state index contributed by atoms with van der Waals surface area (Å²) < 4.78 is 27.3. The van der Waals surface area contributed by atoms with Gasteiger partial charge in [-0.3, -0.25) is 4.31 Å². The van der Waals surface area contributed by atoms with Gasteiger partial charge in [0.15, 0.2) is 0 Å². The molecule has 1 aliphatic rings. The van der Waals surface area contributed by atoms with Crippen LogP contribution in [0.4, 0.5) is 5.69 Å². The molecule has 0 saturated heterocycles. The molecule has 0 fully saturated rings. The lowest BCUT2D eigenvalue weighted by molar-refractivity contribution is 0.584. The maximum atomic E-state index is 11.8. The summed E-state index contributed by atoms with van der Waals surface area (Å²) >= 11 is 0. The molecule has 0 saturated carbocycles. The smallest absolute Gasteiger partial charge is 0.301 e. The van der Waals surface area contributed by atoms with E-state index >= 15 is 0 Å². The van der Waals surface area contributed by atoms with Gasteiger partial charge in [0.1, 0.15) is 0 Å². The van der Waals surface area contributed by atoms with Gasteiger partial charge in [-0.15, -0.1) is 0 Å². The van der Waals surface area contributed by atoms with Crippen LogP contribution < -0.4 is 14.8 Å². The highest BCUT2D eigenvalue weighted by atomic mass is 32.2. The lowest BCUT2D eigenvalue weighted by atomic mass is 10.0. The minimum Gasteiger partial charge on any atom is -0.324 e. The van der Waals surface area contributed by atoms with E-state index < -0.39 is 10.2 Å². The van der Waals surface area contributed by atoms with Crippen molar-refractivity contribution in [2.45, 2.75) is 19.4 Å². The quantitative estimate of drug-likeness (QED) is 0.827. The SMILES string of the molecule is CNS(=O)(=O)N1CCc2cc(C(C)N)ccc21. The fourth-order valence-corrected chi connectivity index (χ4v) is 3.02. The predicted molar refractivity (Wildman–Crippen MR) is 68.1 cm³/mol. The predicted octanol–water partition coefficient (Wildman–Crippen LogP) is 0.533. The van der Waals surface area contributed by atoms with Crippen molar-refractivity contribution in [1.82, 2.24) is 4.72 Å². The molecule has 0 aliphatic carbocycles. The molecule has 1 aromatic rings. The zero-order valence-corrected chi connectivity index (χ0v) is 10.8. The topological polar surface area (TPSA) is 75.4 Å². The van der Waals surface area contributed by atoms with E-state index in [0.29, 0.717) is 6.54 Å². The van der Waals surface area contributed by atoms with Crippen LogP contribution in [0.1, 0.15) is 24.1 Å². The van der Waals surface area contributed by atoms with Gasteiger partial charge in [0.05, 0.1) is 5.69 Å². The van der Waals surface area contributed by atoms with Crippen LogP contribution in [0.5, 0.6) is 0 Å². The van der Waals surface area contributed by atoms with Gasteiger partial charge in [0.25, 0.3) is 0 Å². The van der Waals surface area contributed by atoms with Crippen molar-refractivity contribution in [2.75, 3.05) is 17.9 Å². The fourth-order valence-electron chi connectivity index (χ4n) is 2.03. The van der Waals surface area contributed by atoms with E-state index in [2.05, 4.69) is 4.72 Å². The van der Waals surface area contributed by atoms with Gasteiger partial charge in [-0.25, -0.2) is 4.72 Å². The van der Waals surface area contributed by atoms with Gasteiger partial charge in [-0.2, -0.15) is 8.42 Å². The summed E-state index contributed by atoms with van der Waals surface area (Å²) in [5.74, 6) is 0. The average Bonchev–Trinajstić information content (AvgIpc) is 2.72. The van der Waals surface area contributed by atoms with E-state index in [1.165, 1.54) is 11.4 Å². The van der Waals surface area contributed by atoms with Crippen molar-refractivity contribution < 1.29 is 8.42 Å². The second kappa shape index (κ2) is 4.29. The largest absolute Gasteiger partial charge is 0.324 e. The number of nitrogens with one attached hydrogen (secondary N) is 1. The van der Waals surface area contributed by atoms with Crippen molar-refractivity contribution >= 4 is 15.9 Å². The van der Waals surface area contributed by atoms with Crippen LogP contribution in [0.2, 0.25) is 0 Å². The Morgan fingerprint density at radius 2 is 2.18 bits per heavy atom. The standard InChI is InChI=1S/C11H17N3O2S/c1-8(12)9-3-4-11-10(7-9)5-6-14(11)17(15,16)13-2/h3-4,7-8,13H,5-6,12H2,1-2H3. The Kier molecular flexibility index (Phi) is 3.11. The van der Waals surface area contributed by atoms with Crippen molar-refractivity contribution in [3.63, 3.8) is 0 Å². The fraction of sp³-hybridized carbons (Fsp3) is 0.455. The van der Waals surface area contributed by atoms with Crippen LogP contribution in [0.25, 0.3) is 0 Å². The normalized spacial score (nSPS) is 17.0. The first-order valence-corrected chi connectivity index (χ1v) is 6.99. The number of hydrogen-bond donors (Lipinski definition) is 2. The Labute approximate surface area is 102 Å². The minimum absolute atomic E-state index is 0.0322. The molecular weight excluding hydrogens is 238 g/mol. The molecule has 0 amide bonds. The summed E-state index contributed by atoms with van der Waals surface area (Å²) in [5, 5.41) is 0. The van der Waals surface area contributed by atoms with Gasteiger partial charge in [-0.1, -0.05) is 12.1 Å². The van der Waals surface area contributed by atoms with Crippen molar-refractivity contribution in [1.29, 1.82) is 0 Å². The third-order valence-electron chi connectivity index (χ3n) is 3.03. The molecule has 94 valence electrons. The Morgan fingerprint density at radius 3 is 2.76 bits per heavy atom. The minimum atomic E-state index is -3.39. The Morgan fingerprint density at radius 1 is 1.47 bits per heavy atom. The maximum Gasteiger partial charge on any atom is 0.301 e. The Bertz CT molecular complexity index is 526. The van der Waals surface area contributed by atoms with Gasteiger partial charge >= 0.3 is 10.2 Å². The number of benzene rings is 1. The molecule has 1 unspecified atom stereocenters. The lowest BCUT2D eigenvalue weighted by Gasteiger charge is -2.18. The summed E-state index contributed by atoms with van der Waals surface area (Å²) in [6.07, 6.45) is 0.733. The second-order valence-electron chi connectivity index (χ2n) is 4.21. The zero-order valence-electron chi connectivity index (χ0n) is 9.97. The second-order valence-corrected chi connectivity index (χ2v) is 6.01. The molecule has 1 aliphatic heterocycles. The number of fused-ring (bicyclic) bond motifs is 1. The third-order valence-corrected chi connectivity index (χ3v) is 4.51. The van der Waals surface area contributed by atoms with E-state index in [1.807, 2.05) is 25.1 Å². The molecule has 0 radical (unpaired) electrons. The maximum absolute atomic E-state index is 11.8. The third kappa shape index (κ3) is 2.15. The van der Waals surface area contributed by atoms with Gasteiger partial charge in [-0.05, 0) is 30.5 Å². The number of rotatable bonds is 3. The van der Waals surface area contributed by atoms with Gasteiger partial charge in [0.2, 0.25) is 0 Å². The highest BCUT2D eigenvalue weighted by molar-refractivity contribution is 7.90. The van der Waals surface area contributed by atoms with Gasteiger partial charge in [0, 0.05) is 19.6 Å². The van der Waals surface area contributed by atoms with Crippen LogP contribution in [-0.2, 0) is 16.6 Å². The van der Waals surface area contributed by atoms with E-state index in [-0.39, 0.29) is 6.04 Å². The molecule has 1 atom stereocenters. The molecule has 3 N–H and O–H groups in total. The van der Waals surface area contributed by atoms with Crippen LogP contribution in [0.3, 0.4) is 0 Å².